The molecule has 0 aromatic heterocycles. The highest BCUT2D eigenvalue weighted by atomic mass is 16.3. The van der Waals surface area contributed by atoms with Crippen LogP contribution in [0.4, 0.5) is 0 Å². The van der Waals surface area contributed by atoms with Gasteiger partial charge < -0.3 is 28.0 Å². The van der Waals surface area contributed by atoms with Crippen molar-refractivity contribution < 1.29 is 5.11 Å². The minimum Gasteiger partial charge on any atom is -0.393 e. The zero-order valence-electron chi connectivity index (χ0n) is 8.24. The van der Waals surface area contributed by atoms with Crippen molar-refractivity contribution >= 4 is 0 Å². The van der Waals surface area contributed by atoms with E-state index in [0.29, 0.717) is 26.1 Å². The summed E-state index contributed by atoms with van der Waals surface area (Å²) < 4.78 is 0. The Balaban J connectivity index is 4.34. The van der Waals surface area contributed by atoms with Gasteiger partial charge in [0.25, 0.3) is 0 Å². The summed E-state index contributed by atoms with van der Waals surface area (Å²) in [5.74, 6) is 0. The van der Waals surface area contributed by atoms with Crippen LogP contribution in [0, 0.1) is 5.41 Å². The normalized spacial score (nSPS) is 17.1. The molecule has 0 aliphatic carbocycles. The Bertz CT molecular complexity index is 128. The van der Waals surface area contributed by atoms with Crippen LogP contribution in [-0.2, 0) is 0 Å². The largest absolute Gasteiger partial charge is 0.393 e. The molecule has 0 saturated heterocycles. The smallest absolute Gasteiger partial charge is 0.0527 e. The van der Waals surface area contributed by atoms with E-state index in [0.717, 1.165) is 0 Å². The number of hydrogen-bond donors (Lipinski definition) is 5. The molecule has 2 unspecified atom stereocenters. The summed E-state index contributed by atoms with van der Waals surface area (Å²) in [5, 5.41) is 9.17. The lowest BCUT2D eigenvalue weighted by atomic mass is 9.78. The van der Waals surface area contributed by atoms with Crippen LogP contribution in [-0.4, -0.2) is 36.9 Å². The fraction of sp³-hybridized carbons (Fsp3) is 1.00. The van der Waals surface area contributed by atoms with Crippen molar-refractivity contribution in [2.45, 2.75) is 25.5 Å². The Morgan fingerprint density at radius 2 is 1.54 bits per heavy atom. The quantitative estimate of drug-likeness (QED) is 0.329. The van der Waals surface area contributed by atoms with Crippen LogP contribution < -0.4 is 22.9 Å². The predicted molar refractivity (Wildman–Crippen MR) is 53.9 cm³/mol. The molecule has 13 heavy (non-hydrogen) atoms. The van der Waals surface area contributed by atoms with Crippen LogP contribution in [0.15, 0.2) is 0 Å². The van der Waals surface area contributed by atoms with Crippen molar-refractivity contribution in [3.8, 4) is 0 Å². The molecule has 0 aliphatic rings. The lowest BCUT2D eigenvalue weighted by Crippen LogP contribution is -2.56. The molecule has 0 rings (SSSR count). The number of nitrogens with two attached hydrogens (primary N) is 4. The molecule has 0 aliphatic heterocycles. The minimum atomic E-state index is -0.445. The molecule has 0 aromatic rings. The van der Waals surface area contributed by atoms with E-state index >= 15 is 0 Å². The van der Waals surface area contributed by atoms with Gasteiger partial charge in [0.15, 0.2) is 0 Å². The first-order valence-electron chi connectivity index (χ1n) is 4.56. The van der Waals surface area contributed by atoms with Crippen molar-refractivity contribution in [3.63, 3.8) is 0 Å². The monoisotopic (exact) mass is 190 g/mol. The zero-order valence-corrected chi connectivity index (χ0v) is 8.24. The number of aliphatic hydroxyl groups excluding tert-OH is 1. The molecular weight excluding hydrogens is 168 g/mol. The van der Waals surface area contributed by atoms with E-state index in [4.69, 9.17) is 22.9 Å². The highest BCUT2D eigenvalue weighted by Gasteiger charge is 2.33. The lowest BCUT2D eigenvalue weighted by Gasteiger charge is -2.36. The van der Waals surface area contributed by atoms with Crippen LogP contribution in [0.5, 0.6) is 0 Å². The molecule has 0 bridgehead atoms. The van der Waals surface area contributed by atoms with Crippen molar-refractivity contribution in [1.29, 1.82) is 0 Å². The second kappa shape index (κ2) is 5.51. The van der Waals surface area contributed by atoms with Gasteiger partial charge in [-0.25, -0.2) is 0 Å². The molecule has 0 aromatic carbocycles. The fourth-order valence-corrected chi connectivity index (χ4v) is 1.32. The van der Waals surface area contributed by atoms with Gasteiger partial charge in [-0.1, -0.05) is 0 Å². The number of aliphatic hydroxyl groups is 1. The third-order valence-corrected chi connectivity index (χ3v) is 2.60. The van der Waals surface area contributed by atoms with Gasteiger partial charge in [0.1, 0.15) is 0 Å². The average Bonchev–Trinajstić information content (AvgIpc) is 2.07. The summed E-state index contributed by atoms with van der Waals surface area (Å²) in [4.78, 5) is 0. The molecule has 9 N–H and O–H groups in total. The molecule has 0 fully saturated rings. The second-order valence-corrected chi connectivity index (χ2v) is 3.67. The Kier molecular flexibility index (Phi) is 5.43. The molecule has 0 amide bonds. The van der Waals surface area contributed by atoms with Gasteiger partial charge in [0.05, 0.1) is 6.10 Å². The standard InChI is InChI=1S/C8H22N4O/c1-6(13)2-7(12)8(3-9,4-10)5-11/h6-7,13H,2-5,9-12H2,1H3. The summed E-state index contributed by atoms with van der Waals surface area (Å²) in [6, 6.07) is -0.243. The Morgan fingerprint density at radius 3 is 1.77 bits per heavy atom. The van der Waals surface area contributed by atoms with Crippen LogP contribution in [0.3, 0.4) is 0 Å². The summed E-state index contributed by atoms with van der Waals surface area (Å²) in [7, 11) is 0. The van der Waals surface area contributed by atoms with Crippen LogP contribution in [0.25, 0.3) is 0 Å². The van der Waals surface area contributed by atoms with Crippen molar-refractivity contribution in [2.75, 3.05) is 19.6 Å². The van der Waals surface area contributed by atoms with Crippen molar-refractivity contribution in [2.24, 2.45) is 28.3 Å². The van der Waals surface area contributed by atoms with E-state index in [9.17, 15) is 5.11 Å². The molecule has 0 heterocycles. The number of hydrogen-bond acceptors (Lipinski definition) is 5. The summed E-state index contributed by atoms with van der Waals surface area (Å²) >= 11 is 0. The Labute approximate surface area is 79.4 Å². The van der Waals surface area contributed by atoms with E-state index in [1.165, 1.54) is 0 Å². The van der Waals surface area contributed by atoms with E-state index in [-0.39, 0.29) is 6.04 Å². The molecule has 80 valence electrons. The first kappa shape index (κ1) is 12.8. The molecular formula is C8H22N4O. The van der Waals surface area contributed by atoms with Gasteiger partial charge in [-0.2, -0.15) is 0 Å². The Morgan fingerprint density at radius 1 is 1.15 bits per heavy atom. The van der Waals surface area contributed by atoms with E-state index in [1.807, 2.05) is 0 Å². The fourth-order valence-electron chi connectivity index (χ4n) is 1.32. The molecule has 2 atom stereocenters. The van der Waals surface area contributed by atoms with E-state index < -0.39 is 11.5 Å². The molecule has 5 nitrogen and oxygen atoms in total. The molecule has 0 spiro atoms. The van der Waals surface area contributed by atoms with Crippen LogP contribution in [0.2, 0.25) is 0 Å². The van der Waals surface area contributed by atoms with Crippen molar-refractivity contribution in [1.82, 2.24) is 0 Å². The second-order valence-electron chi connectivity index (χ2n) is 3.67. The van der Waals surface area contributed by atoms with Gasteiger partial charge in [-0.15, -0.1) is 0 Å². The first-order valence-corrected chi connectivity index (χ1v) is 4.56. The topological polar surface area (TPSA) is 124 Å². The van der Waals surface area contributed by atoms with Crippen molar-refractivity contribution in [3.05, 3.63) is 0 Å². The first-order chi connectivity index (χ1) is 6.02. The van der Waals surface area contributed by atoms with Gasteiger partial charge in [-0.3, -0.25) is 0 Å². The Hall–Kier alpha value is -0.200. The van der Waals surface area contributed by atoms with Gasteiger partial charge in [0, 0.05) is 31.1 Å². The van der Waals surface area contributed by atoms with Gasteiger partial charge in [0.2, 0.25) is 0 Å². The molecule has 0 saturated carbocycles. The maximum Gasteiger partial charge on any atom is 0.0527 e. The maximum absolute atomic E-state index is 9.17. The predicted octanol–water partition coefficient (Wildman–Crippen LogP) is -2.05. The SMILES string of the molecule is CC(O)CC(N)C(CN)(CN)CN. The van der Waals surface area contributed by atoms with Gasteiger partial charge in [-0.05, 0) is 13.3 Å². The van der Waals surface area contributed by atoms with Crippen LogP contribution >= 0.6 is 0 Å². The third-order valence-electron chi connectivity index (χ3n) is 2.60. The minimum absolute atomic E-state index is 0.243. The van der Waals surface area contributed by atoms with Gasteiger partial charge >= 0.3 is 0 Å². The van der Waals surface area contributed by atoms with Crippen LogP contribution in [0.1, 0.15) is 13.3 Å². The lowest BCUT2D eigenvalue weighted by molar-refractivity contribution is 0.136. The summed E-state index contributed by atoms with van der Waals surface area (Å²) in [6.07, 6.45) is 0.0324. The maximum atomic E-state index is 9.17. The summed E-state index contributed by atoms with van der Waals surface area (Å²) in [5.41, 5.74) is 22.2. The summed E-state index contributed by atoms with van der Waals surface area (Å²) in [6.45, 7) is 2.75. The number of rotatable bonds is 6. The highest BCUT2D eigenvalue weighted by molar-refractivity contribution is 4.92. The zero-order chi connectivity index (χ0) is 10.5. The highest BCUT2D eigenvalue weighted by Crippen LogP contribution is 2.19. The van der Waals surface area contributed by atoms with E-state index in [2.05, 4.69) is 0 Å². The third kappa shape index (κ3) is 3.21. The average molecular weight is 190 g/mol. The van der Waals surface area contributed by atoms with E-state index in [1.54, 1.807) is 6.92 Å². The molecule has 0 radical (unpaired) electrons. The molecule has 5 heteroatoms.